The fourth-order valence-electron chi connectivity index (χ4n) is 2.66. The first-order chi connectivity index (χ1) is 9.50. The van der Waals surface area contributed by atoms with Gasteiger partial charge in [-0.15, -0.1) is 0 Å². The summed E-state index contributed by atoms with van der Waals surface area (Å²) in [5.41, 5.74) is -0.307. The molecule has 1 saturated heterocycles. The van der Waals surface area contributed by atoms with E-state index in [0.29, 0.717) is 18.3 Å². The number of aromatic amines is 1. The van der Waals surface area contributed by atoms with Gasteiger partial charge in [-0.3, -0.25) is 10.00 Å². The van der Waals surface area contributed by atoms with Crippen molar-refractivity contribution in [2.75, 3.05) is 19.6 Å². The number of halogens is 3. The molecule has 1 fully saturated rings. The molecule has 114 valence electrons. The monoisotopic (exact) mass is 290 g/mol. The van der Waals surface area contributed by atoms with E-state index in [0.717, 1.165) is 45.0 Å². The lowest BCUT2D eigenvalue weighted by Gasteiger charge is -2.34. The van der Waals surface area contributed by atoms with Gasteiger partial charge < -0.3 is 5.32 Å². The van der Waals surface area contributed by atoms with Gasteiger partial charge in [-0.2, -0.15) is 18.3 Å². The van der Waals surface area contributed by atoms with Crippen LogP contribution < -0.4 is 5.32 Å². The Labute approximate surface area is 116 Å². The normalized spacial score (nSPS) is 17.9. The molecule has 1 aromatic heterocycles. The van der Waals surface area contributed by atoms with Gasteiger partial charge in [0.25, 0.3) is 0 Å². The highest BCUT2D eigenvalue weighted by molar-refractivity contribution is 5.11. The van der Waals surface area contributed by atoms with Gasteiger partial charge in [-0.1, -0.05) is 6.92 Å². The molecule has 0 aliphatic carbocycles. The van der Waals surface area contributed by atoms with E-state index in [2.05, 4.69) is 27.3 Å². The van der Waals surface area contributed by atoms with E-state index in [1.165, 1.54) is 0 Å². The van der Waals surface area contributed by atoms with Crippen LogP contribution in [-0.2, 0) is 12.7 Å². The molecule has 0 spiro atoms. The average molecular weight is 290 g/mol. The molecule has 7 heteroatoms. The SMILES string of the molecule is CCCN(Cc1cc(C(F)(F)F)n[nH]1)C1CCNCC1. The number of aromatic nitrogens is 2. The Morgan fingerprint density at radius 3 is 2.60 bits per heavy atom. The van der Waals surface area contributed by atoms with Crippen molar-refractivity contribution in [3.05, 3.63) is 17.5 Å². The summed E-state index contributed by atoms with van der Waals surface area (Å²) in [7, 11) is 0. The summed E-state index contributed by atoms with van der Waals surface area (Å²) in [6, 6.07) is 1.55. The van der Waals surface area contributed by atoms with Gasteiger partial charge in [0.2, 0.25) is 0 Å². The zero-order valence-corrected chi connectivity index (χ0v) is 11.6. The Kier molecular flexibility index (Phi) is 5.04. The van der Waals surface area contributed by atoms with Crippen molar-refractivity contribution >= 4 is 0 Å². The number of piperidine rings is 1. The number of rotatable bonds is 5. The summed E-state index contributed by atoms with van der Waals surface area (Å²) in [6.07, 6.45) is -1.30. The van der Waals surface area contributed by atoms with Crippen molar-refractivity contribution in [1.82, 2.24) is 20.4 Å². The molecule has 2 heterocycles. The van der Waals surface area contributed by atoms with Crippen molar-refractivity contribution in [2.24, 2.45) is 0 Å². The molecule has 0 saturated carbocycles. The Morgan fingerprint density at radius 1 is 1.35 bits per heavy atom. The van der Waals surface area contributed by atoms with Crippen LogP contribution in [0.3, 0.4) is 0 Å². The van der Waals surface area contributed by atoms with Crippen LogP contribution in [0, 0.1) is 0 Å². The largest absolute Gasteiger partial charge is 0.435 e. The predicted molar refractivity (Wildman–Crippen MR) is 70.2 cm³/mol. The third kappa shape index (κ3) is 3.96. The third-order valence-corrected chi connectivity index (χ3v) is 3.63. The molecule has 0 bridgehead atoms. The summed E-state index contributed by atoms with van der Waals surface area (Å²) in [6.45, 7) is 5.43. The Bertz CT molecular complexity index is 410. The maximum absolute atomic E-state index is 12.5. The highest BCUT2D eigenvalue weighted by Gasteiger charge is 2.34. The molecule has 1 aromatic rings. The first-order valence-corrected chi connectivity index (χ1v) is 7.07. The number of hydrogen-bond donors (Lipinski definition) is 2. The summed E-state index contributed by atoms with van der Waals surface area (Å²) in [5.74, 6) is 0. The second kappa shape index (κ2) is 6.58. The molecule has 0 atom stereocenters. The van der Waals surface area contributed by atoms with E-state index in [4.69, 9.17) is 0 Å². The first kappa shape index (κ1) is 15.3. The standard InChI is InChI=1S/C13H21F3N4/c1-2-7-20(11-3-5-17-6-4-11)9-10-8-12(19-18-10)13(14,15)16/h8,11,17H,2-7,9H2,1H3,(H,18,19). The third-order valence-electron chi connectivity index (χ3n) is 3.63. The molecule has 0 unspecified atom stereocenters. The van der Waals surface area contributed by atoms with E-state index in [1.54, 1.807) is 0 Å². The summed E-state index contributed by atoms with van der Waals surface area (Å²) >= 11 is 0. The molecule has 2 N–H and O–H groups in total. The lowest BCUT2D eigenvalue weighted by molar-refractivity contribution is -0.141. The lowest BCUT2D eigenvalue weighted by Crippen LogP contribution is -2.43. The number of nitrogens with zero attached hydrogens (tertiary/aromatic N) is 2. The lowest BCUT2D eigenvalue weighted by atomic mass is 10.0. The van der Waals surface area contributed by atoms with Crippen molar-refractivity contribution in [3.8, 4) is 0 Å². The minimum absolute atomic E-state index is 0.439. The fourth-order valence-corrected chi connectivity index (χ4v) is 2.66. The van der Waals surface area contributed by atoms with Crippen molar-refractivity contribution in [3.63, 3.8) is 0 Å². The van der Waals surface area contributed by atoms with Crippen LogP contribution in [0.1, 0.15) is 37.6 Å². The Morgan fingerprint density at radius 2 is 2.05 bits per heavy atom. The van der Waals surface area contributed by atoms with Gasteiger partial charge in [-0.05, 0) is 45.0 Å². The molecular formula is C13H21F3N4. The van der Waals surface area contributed by atoms with E-state index in [-0.39, 0.29) is 0 Å². The van der Waals surface area contributed by atoms with Crippen LogP contribution in [0.5, 0.6) is 0 Å². The summed E-state index contributed by atoms with van der Waals surface area (Å²) in [4.78, 5) is 2.26. The topological polar surface area (TPSA) is 44.0 Å². The second-order valence-corrected chi connectivity index (χ2v) is 5.23. The van der Waals surface area contributed by atoms with Crippen molar-refractivity contribution in [2.45, 2.75) is 44.9 Å². The smallest absolute Gasteiger partial charge is 0.317 e. The zero-order valence-electron chi connectivity index (χ0n) is 11.6. The fraction of sp³-hybridized carbons (Fsp3) is 0.769. The van der Waals surface area contributed by atoms with Crippen LogP contribution in [0.25, 0.3) is 0 Å². The highest BCUT2D eigenvalue weighted by atomic mass is 19.4. The summed E-state index contributed by atoms with van der Waals surface area (Å²) in [5, 5.41) is 9.17. The summed E-state index contributed by atoms with van der Waals surface area (Å²) < 4.78 is 37.6. The minimum atomic E-state index is -4.38. The van der Waals surface area contributed by atoms with Crippen LogP contribution in [0.4, 0.5) is 13.2 Å². The van der Waals surface area contributed by atoms with Gasteiger partial charge >= 0.3 is 6.18 Å². The maximum Gasteiger partial charge on any atom is 0.435 e. The van der Waals surface area contributed by atoms with Gasteiger partial charge in [0.1, 0.15) is 0 Å². The maximum atomic E-state index is 12.5. The average Bonchev–Trinajstić information content (AvgIpc) is 2.88. The number of hydrogen-bond acceptors (Lipinski definition) is 3. The predicted octanol–water partition coefficient (Wildman–Crippen LogP) is 2.39. The van der Waals surface area contributed by atoms with Gasteiger partial charge in [0, 0.05) is 18.3 Å². The van der Waals surface area contributed by atoms with Crippen molar-refractivity contribution in [1.29, 1.82) is 0 Å². The van der Waals surface area contributed by atoms with E-state index in [9.17, 15) is 13.2 Å². The molecular weight excluding hydrogens is 269 g/mol. The second-order valence-electron chi connectivity index (χ2n) is 5.23. The molecule has 1 aliphatic rings. The molecule has 0 amide bonds. The molecule has 2 rings (SSSR count). The van der Waals surface area contributed by atoms with Gasteiger partial charge in [0.05, 0.1) is 0 Å². The number of H-pyrrole nitrogens is 1. The minimum Gasteiger partial charge on any atom is -0.317 e. The number of alkyl halides is 3. The molecule has 0 aromatic carbocycles. The molecule has 20 heavy (non-hydrogen) atoms. The van der Waals surface area contributed by atoms with Crippen LogP contribution in [0.2, 0.25) is 0 Å². The van der Waals surface area contributed by atoms with Crippen molar-refractivity contribution < 1.29 is 13.2 Å². The van der Waals surface area contributed by atoms with E-state index < -0.39 is 11.9 Å². The molecule has 0 radical (unpaired) electrons. The van der Waals surface area contributed by atoms with Gasteiger partial charge in [-0.25, -0.2) is 0 Å². The van der Waals surface area contributed by atoms with E-state index in [1.807, 2.05) is 0 Å². The first-order valence-electron chi connectivity index (χ1n) is 7.07. The van der Waals surface area contributed by atoms with Crippen LogP contribution >= 0.6 is 0 Å². The van der Waals surface area contributed by atoms with Gasteiger partial charge in [0.15, 0.2) is 5.69 Å². The van der Waals surface area contributed by atoms with Crippen LogP contribution in [-0.4, -0.2) is 40.8 Å². The molecule has 1 aliphatic heterocycles. The van der Waals surface area contributed by atoms with Crippen LogP contribution in [0.15, 0.2) is 6.07 Å². The highest BCUT2D eigenvalue weighted by Crippen LogP contribution is 2.28. The Balaban J connectivity index is 2.01. The molecule has 4 nitrogen and oxygen atoms in total. The van der Waals surface area contributed by atoms with E-state index >= 15 is 0 Å². The zero-order chi connectivity index (χ0) is 14.6. The quantitative estimate of drug-likeness (QED) is 0.875. The Hall–Kier alpha value is -1.08. The number of nitrogens with one attached hydrogen (secondary N) is 2.